The summed E-state index contributed by atoms with van der Waals surface area (Å²) in [6.07, 6.45) is 3.00. The first-order chi connectivity index (χ1) is 12.0. The number of aryl methyl sites for hydroxylation is 1. The molecular formula is C21H23F3O. The maximum Gasteiger partial charge on any atom is 0.200 e. The highest BCUT2D eigenvalue weighted by atomic mass is 19.2. The van der Waals surface area contributed by atoms with Crippen molar-refractivity contribution in [3.8, 4) is 5.75 Å². The molecule has 0 spiro atoms. The Morgan fingerprint density at radius 1 is 0.880 bits per heavy atom. The third kappa shape index (κ3) is 3.68. The maximum atomic E-state index is 14.4. The van der Waals surface area contributed by atoms with Gasteiger partial charge in [0.15, 0.2) is 11.6 Å². The molecule has 1 aliphatic rings. The van der Waals surface area contributed by atoms with E-state index in [1.807, 2.05) is 19.1 Å². The molecule has 25 heavy (non-hydrogen) atoms. The molecule has 1 aliphatic carbocycles. The average molecular weight is 348 g/mol. The van der Waals surface area contributed by atoms with E-state index < -0.39 is 11.6 Å². The number of rotatable bonds is 4. The minimum Gasteiger partial charge on any atom is -0.491 e. The molecule has 2 aromatic rings. The highest BCUT2D eigenvalue weighted by molar-refractivity contribution is 5.34. The maximum absolute atomic E-state index is 14.4. The van der Waals surface area contributed by atoms with Crippen molar-refractivity contribution in [2.75, 3.05) is 6.61 Å². The molecule has 0 bridgehead atoms. The van der Waals surface area contributed by atoms with Gasteiger partial charge in [0.05, 0.1) is 6.61 Å². The van der Waals surface area contributed by atoms with Crippen LogP contribution in [-0.2, 0) is 0 Å². The standard InChI is InChI=1S/C21H23F3O/c1-3-25-19-11-10-17(20(23)21(19)24)15-7-5-14(6-8-15)16-9-4-13(2)12-18(16)22/h4,9-12,14-15H,3,5-8H2,1-2H3. The topological polar surface area (TPSA) is 9.23 Å². The Morgan fingerprint density at radius 3 is 2.08 bits per heavy atom. The Labute approximate surface area is 146 Å². The Balaban J connectivity index is 1.73. The van der Waals surface area contributed by atoms with Crippen molar-refractivity contribution < 1.29 is 17.9 Å². The molecule has 0 aromatic heterocycles. The van der Waals surface area contributed by atoms with Crippen molar-refractivity contribution in [3.05, 3.63) is 64.5 Å². The summed E-state index contributed by atoms with van der Waals surface area (Å²) in [5.41, 5.74) is 2.05. The van der Waals surface area contributed by atoms with Gasteiger partial charge in [0, 0.05) is 0 Å². The van der Waals surface area contributed by atoms with E-state index in [2.05, 4.69) is 0 Å². The van der Waals surface area contributed by atoms with Crippen LogP contribution in [0.1, 0.15) is 61.1 Å². The third-order valence-corrected chi connectivity index (χ3v) is 5.14. The van der Waals surface area contributed by atoms with Crippen LogP contribution in [0.3, 0.4) is 0 Å². The van der Waals surface area contributed by atoms with Crippen molar-refractivity contribution >= 4 is 0 Å². The SMILES string of the molecule is CCOc1ccc(C2CCC(c3ccc(C)cc3F)CC2)c(F)c1F. The molecule has 0 atom stereocenters. The van der Waals surface area contributed by atoms with Gasteiger partial charge in [-0.2, -0.15) is 4.39 Å². The summed E-state index contributed by atoms with van der Waals surface area (Å²) in [6.45, 7) is 3.90. The van der Waals surface area contributed by atoms with E-state index in [1.165, 1.54) is 6.07 Å². The van der Waals surface area contributed by atoms with E-state index in [0.29, 0.717) is 12.2 Å². The highest BCUT2D eigenvalue weighted by Gasteiger charge is 2.28. The second kappa shape index (κ2) is 7.51. The quantitative estimate of drug-likeness (QED) is 0.634. The van der Waals surface area contributed by atoms with Gasteiger partial charge in [0.2, 0.25) is 5.82 Å². The molecule has 0 radical (unpaired) electrons. The predicted molar refractivity (Wildman–Crippen MR) is 92.6 cm³/mol. The van der Waals surface area contributed by atoms with Crippen LogP contribution in [0.5, 0.6) is 5.75 Å². The van der Waals surface area contributed by atoms with Crippen molar-refractivity contribution in [2.24, 2.45) is 0 Å². The van der Waals surface area contributed by atoms with Crippen molar-refractivity contribution in [1.82, 2.24) is 0 Å². The molecule has 134 valence electrons. The fourth-order valence-electron chi connectivity index (χ4n) is 3.81. The van der Waals surface area contributed by atoms with Crippen LogP contribution in [0.25, 0.3) is 0 Å². The van der Waals surface area contributed by atoms with Crippen LogP contribution >= 0.6 is 0 Å². The highest BCUT2D eigenvalue weighted by Crippen LogP contribution is 2.42. The normalized spacial score (nSPS) is 20.5. The van der Waals surface area contributed by atoms with Crippen LogP contribution in [-0.4, -0.2) is 6.61 Å². The predicted octanol–water partition coefficient (Wildman–Crippen LogP) is 6.25. The van der Waals surface area contributed by atoms with Gasteiger partial charge in [-0.15, -0.1) is 0 Å². The van der Waals surface area contributed by atoms with Crippen LogP contribution in [0.2, 0.25) is 0 Å². The van der Waals surface area contributed by atoms with Gasteiger partial charge in [0.1, 0.15) is 5.82 Å². The van der Waals surface area contributed by atoms with Crippen LogP contribution in [0.4, 0.5) is 13.2 Å². The summed E-state index contributed by atoms with van der Waals surface area (Å²) in [5.74, 6) is -1.81. The minimum atomic E-state index is -0.911. The lowest BCUT2D eigenvalue weighted by molar-refractivity contribution is 0.310. The molecule has 0 N–H and O–H groups in total. The summed E-state index contributed by atoms with van der Waals surface area (Å²) in [5, 5.41) is 0. The summed E-state index contributed by atoms with van der Waals surface area (Å²) in [7, 11) is 0. The first-order valence-corrected chi connectivity index (χ1v) is 8.88. The molecule has 1 nitrogen and oxygen atoms in total. The van der Waals surface area contributed by atoms with Crippen molar-refractivity contribution in [2.45, 2.75) is 51.4 Å². The lowest BCUT2D eigenvalue weighted by Crippen LogP contribution is -2.15. The van der Waals surface area contributed by atoms with Gasteiger partial charge < -0.3 is 4.74 Å². The number of benzene rings is 2. The lowest BCUT2D eigenvalue weighted by atomic mass is 9.76. The van der Waals surface area contributed by atoms with Crippen LogP contribution < -0.4 is 4.74 Å². The lowest BCUT2D eigenvalue weighted by Gasteiger charge is -2.29. The first kappa shape index (κ1) is 17.8. The monoisotopic (exact) mass is 348 g/mol. The van der Waals surface area contributed by atoms with E-state index in [-0.39, 0.29) is 23.4 Å². The van der Waals surface area contributed by atoms with Gasteiger partial charge in [-0.05, 0) is 80.2 Å². The average Bonchev–Trinajstić information content (AvgIpc) is 2.60. The van der Waals surface area contributed by atoms with Crippen molar-refractivity contribution in [1.29, 1.82) is 0 Å². The summed E-state index contributed by atoms with van der Waals surface area (Å²) >= 11 is 0. The van der Waals surface area contributed by atoms with E-state index >= 15 is 0 Å². The van der Waals surface area contributed by atoms with Gasteiger partial charge >= 0.3 is 0 Å². The zero-order chi connectivity index (χ0) is 18.0. The Bertz CT molecular complexity index is 749. The van der Waals surface area contributed by atoms with Gasteiger partial charge in [-0.1, -0.05) is 18.2 Å². The molecule has 3 rings (SSSR count). The number of hydrogen-bond acceptors (Lipinski definition) is 1. The smallest absolute Gasteiger partial charge is 0.200 e. The van der Waals surface area contributed by atoms with Gasteiger partial charge in [0.25, 0.3) is 0 Å². The van der Waals surface area contributed by atoms with E-state index in [0.717, 1.165) is 36.8 Å². The molecule has 4 heteroatoms. The summed E-state index contributed by atoms with van der Waals surface area (Å²) < 4.78 is 47.7. The zero-order valence-electron chi connectivity index (χ0n) is 14.6. The fourth-order valence-corrected chi connectivity index (χ4v) is 3.81. The first-order valence-electron chi connectivity index (χ1n) is 8.88. The van der Waals surface area contributed by atoms with E-state index in [4.69, 9.17) is 4.74 Å². The minimum absolute atomic E-state index is 0.0325. The molecular weight excluding hydrogens is 325 g/mol. The third-order valence-electron chi connectivity index (χ3n) is 5.14. The van der Waals surface area contributed by atoms with Gasteiger partial charge in [-0.25, -0.2) is 8.78 Å². The summed E-state index contributed by atoms with van der Waals surface area (Å²) in [6, 6.07) is 8.46. The second-order valence-electron chi connectivity index (χ2n) is 6.79. The zero-order valence-corrected chi connectivity index (χ0v) is 14.6. The Kier molecular flexibility index (Phi) is 5.36. The van der Waals surface area contributed by atoms with E-state index in [9.17, 15) is 13.2 Å². The molecule has 1 saturated carbocycles. The fraction of sp³-hybridized carbons (Fsp3) is 0.429. The van der Waals surface area contributed by atoms with Crippen LogP contribution in [0, 0.1) is 24.4 Å². The van der Waals surface area contributed by atoms with E-state index in [1.54, 1.807) is 19.1 Å². The molecule has 1 fully saturated rings. The molecule has 0 aliphatic heterocycles. The molecule has 0 saturated heterocycles. The largest absolute Gasteiger partial charge is 0.491 e. The molecule has 0 amide bonds. The number of halogens is 3. The number of hydrogen-bond donors (Lipinski definition) is 0. The molecule has 0 unspecified atom stereocenters. The number of ether oxygens (including phenoxy) is 1. The van der Waals surface area contributed by atoms with Crippen molar-refractivity contribution in [3.63, 3.8) is 0 Å². The van der Waals surface area contributed by atoms with Gasteiger partial charge in [-0.3, -0.25) is 0 Å². The Hall–Kier alpha value is -1.97. The molecule has 2 aromatic carbocycles. The summed E-state index contributed by atoms with van der Waals surface area (Å²) in [4.78, 5) is 0. The Morgan fingerprint density at radius 2 is 1.48 bits per heavy atom. The van der Waals surface area contributed by atoms with Crippen LogP contribution in [0.15, 0.2) is 30.3 Å². The second-order valence-corrected chi connectivity index (χ2v) is 6.79. The molecule has 0 heterocycles.